The molecule has 0 aliphatic carbocycles. The van der Waals surface area contributed by atoms with E-state index in [1.165, 1.54) is 4.88 Å². The van der Waals surface area contributed by atoms with E-state index in [1.54, 1.807) is 11.3 Å². The molecule has 2 atom stereocenters. The van der Waals surface area contributed by atoms with Crippen LogP contribution in [0.5, 0.6) is 5.75 Å². The van der Waals surface area contributed by atoms with Crippen LogP contribution in [0.2, 0.25) is 0 Å². The minimum absolute atomic E-state index is 0.00935. The van der Waals surface area contributed by atoms with E-state index < -0.39 is 6.10 Å². The maximum Gasteiger partial charge on any atom is 0.136 e. The zero-order valence-electron chi connectivity index (χ0n) is 8.67. The molecule has 0 saturated heterocycles. The van der Waals surface area contributed by atoms with Gasteiger partial charge in [0.25, 0.3) is 0 Å². The fourth-order valence-electron chi connectivity index (χ4n) is 2.04. The third-order valence-corrected chi connectivity index (χ3v) is 3.81. The van der Waals surface area contributed by atoms with Gasteiger partial charge in [-0.3, -0.25) is 0 Å². The van der Waals surface area contributed by atoms with Gasteiger partial charge in [-0.2, -0.15) is 0 Å². The van der Waals surface area contributed by atoms with Gasteiger partial charge in [-0.05, 0) is 17.5 Å². The predicted molar refractivity (Wildman–Crippen MR) is 63.7 cm³/mol. The number of hydrogen-bond donors (Lipinski definition) is 1. The Kier molecular flexibility index (Phi) is 2.42. The summed E-state index contributed by atoms with van der Waals surface area (Å²) in [5.74, 6) is 0.805. The first-order valence-corrected chi connectivity index (χ1v) is 6.19. The van der Waals surface area contributed by atoms with Gasteiger partial charge in [-0.15, -0.1) is 11.3 Å². The number of para-hydroxylation sites is 1. The number of benzene rings is 1. The van der Waals surface area contributed by atoms with Crippen molar-refractivity contribution in [3.63, 3.8) is 0 Å². The molecular weight excluding hydrogens is 220 g/mol. The molecule has 2 heterocycles. The van der Waals surface area contributed by atoms with Gasteiger partial charge in [0.1, 0.15) is 11.9 Å². The monoisotopic (exact) mass is 232 g/mol. The van der Waals surface area contributed by atoms with E-state index in [-0.39, 0.29) is 6.10 Å². The van der Waals surface area contributed by atoms with Gasteiger partial charge >= 0.3 is 0 Å². The number of aliphatic hydroxyl groups is 1. The van der Waals surface area contributed by atoms with Crippen LogP contribution in [0.25, 0.3) is 0 Å². The van der Waals surface area contributed by atoms with E-state index in [1.807, 2.05) is 35.7 Å². The maximum atomic E-state index is 10.1. The second-order valence-electron chi connectivity index (χ2n) is 3.91. The maximum absolute atomic E-state index is 10.1. The number of ether oxygens (including phenoxy) is 1. The number of aliphatic hydroxyl groups excluding tert-OH is 1. The minimum atomic E-state index is -0.419. The summed E-state index contributed by atoms with van der Waals surface area (Å²) in [6, 6.07) is 11.8. The highest BCUT2D eigenvalue weighted by molar-refractivity contribution is 7.10. The van der Waals surface area contributed by atoms with Crippen LogP contribution in [0.1, 0.15) is 29.1 Å². The van der Waals surface area contributed by atoms with Gasteiger partial charge < -0.3 is 9.84 Å². The number of thiophene rings is 1. The van der Waals surface area contributed by atoms with E-state index in [9.17, 15) is 5.11 Å². The molecule has 82 valence electrons. The van der Waals surface area contributed by atoms with Crippen molar-refractivity contribution in [3.8, 4) is 5.75 Å². The van der Waals surface area contributed by atoms with E-state index in [0.717, 1.165) is 11.3 Å². The van der Waals surface area contributed by atoms with Crippen LogP contribution < -0.4 is 4.74 Å². The molecule has 3 heteroatoms. The summed E-state index contributed by atoms with van der Waals surface area (Å²) in [4.78, 5) is 1.17. The molecule has 1 aromatic carbocycles. The van der Waals surface area contributed by atoms with Crippen molar-refractivity contribution < 1.29 is 9.84 Å². The van der Waals surface area contributed by atoms with Crippen LogP contribution >= 0.6 is 11.3 Å². The second kappa shape index (κ2) is 3.92. The fourth-order valence-corrected chi connectivity index (χ4v) is 2.81. The summed E-state index contributed by atoms with van der Waals surface area (Å²) >= 11 is 1.67. The molecule has 1 aliphatic heterocycles. The topological polar surface area (TPSA) is 29.5 Å². The van der Waals surface area contributed by atoms with Crippen LogP contribution in [-0.2, 0) is 0 Å². The Balaban J connectivity index is 1.95. The molecule has 0 amide bonds. The largest absolute Gasteiger partial charge is 0.484 e. The minimum Gasteiger partial charge on any atom is -0.484 e. The molecule has 16 heavy (non-hydrogen) atoms. The first-order valence-electron chi connectivity index (χ1n) is 5.31. The molecule has 0 radical (unpaired) electrons. The van der Waals surface area contributed by atoms with Crippen molar-refractivity contribution >= 4 is 11.3 Å². The summed E-state index contributed by atoms with van der Waals surface area (Å²) in [6.07, 6.45) is 0.208. The van der Waals surface area contributed by atoms with Crippen LogP contribution in [-0.4, -0.2) is 5.11 Å². The summed E-state index contributed by atoms with van der Waals surface area (Å²) in [7, 11) is 0. The highest BCUT2D eigenvalue weighted by Crippen LogP contribution is 2.41. The van der Waals surface area contributed by atoms with Gasteiger partial charge in [0, 0.05) is 16.9 Å². The van der Waals surface area contributed by atoms with Gasteiger partial charge in [-0.25, -0.2) is 0 Å². The molecule has 1 unspecified atom stereocenters. The molecular formula is C13H12O2S. The Bertz CT molecular complexity index is 478. The summed E-state index contributed by atoms with van der Waals surface area (Å²) in [6.45, 7) is 0. The Labute approximate surface area is 98.1 Å². The summed E-state index contributed by atoms with van der Waals surface area (Å²) < 4.78 is 5.90. The first-order chi connectivity index (χ1) is 7.84. The first kappa shape index (κ1) is 9.87. The molecule has 1 aromatic heterocycles. The van der Waals surface area contributed by atoms with E-state index in [0.29, 0.717) is 6.42 Å². The van der Waals surface area contributed by atoms with Crippen LogP contribution in [0.3, 0.4) is 0 Å². The van der Waals surface area contributed by atoms with E-state index >= 15 is 0 Å². The molecule has 0 fully saturated rings. The highest BCUT2D eigenvalue weighted by Gasteiger charge is 2.27. The average molecular weight is 232 g/mol. The van der Waals surface area contributed by atoms with E-state index in [2.05, 4.69) is 6.07 Å². The lowest BCUT2D eigenvalue weighted by Gasteiger charge is -2.28. The smallest absolute Gasteiger partial charge is 0.136 e. The molecule has 1 aliphatic rings. The third kappa shape index (κ3) is 1.62. The average Bonchev–Trinajstić information content (AvgIpc) is 2.82. The number of hydrogen-bond acceptors (Lipinski definition) is 3. The molecule has 0 spiro atoms. The van der Waals surface area contributed by atoms with Crippen molar-refractivity contribution in [2.24, 2.45) is 0 Å². The van der Waals surface area contributed by atoms with Crippen molar-refractivity contribution in [3.05, 3.63) is 52.2 Å². The molecule has 0 bridgehead atoms. The molecule has 0 saturated carbocycles. The molecule has 2 nitrogen and oxygen atoms in total. The van der Waals surface area contributed by atoms with Gasteiger partial charge in [0.2, 0.25) is 0 Å². The van der Waals surface area contributed by atoms with Crippen LogP contribution in [0.15, 0.2) is 41.8 Å². The predicted octanol–water partition coefficient (Wildman–Crippen LogP) is 3.31. The normalized spacial score (nSPS) is 23.6. The molecule has 3 rings (SSSR count). The van der Waals surface area contributed by atoms with Gasteiger partial charge in [-0.1, -0.05) is 24.3 Å². The van der Waals surface area contributed by atoms with Crippen molar-refractivity contribution in [1.29, 1.82) is 0 Å². The SMILES string of the molecule is O[C@H]1CC(c2cccs2)Oc2ccccc21. The zero-order valence-corrected chi connectivity index (χ0v) is 9.48. The third-order valence-electron chi connectivity index (χ3n) is 2.85. The fraction of sp³-hybridized carbons (Fsp3) is 0.231. The highest BCUT2D eigenvalue weighted by atomic mass is 32.1. The van der Waals surface area contributed by atoms with Crippen LogP contribution in [0.4, 0.5) is 0 Å². The van der Waals surface area contributed by atoms with Crippen molar-refractivity contribution in [2.45, 2.75) is 18.6 Å². The summed E-state index contributed by atoms with van der Waals surface area (Å²) in [5.41, 5.74) is 0.898. The van der Waals surface area contributed by atoms with Crippen molar-refractivity contribution in [2.75, 3.05) is 0 Å². The number of fused-ring (bicyclic) bond motifs is 1. The summed E-state index contributed by atoms with van der Waals surface area (Å²) in [5, 5.41) is 12.1. The van der Waals surface area contributed by atoms with Crippen molar-refractivity contribution in [1.82, 2.24) is 0 Å². The molecule has 2 aromatic rings. The quantitative estimate of drug-likeness (QED) is 0.817. The lowest BCUT2D eigenvalue weighted by atomic mass is 9.98. The van der Waals surface area contributed by atoms with Gasteiger partial charge in [0.05, 0.1) is 6.10 Å². The standard InChI is InChI=1S/C13H12O2S/c14-10-8-12(13-6-3-7-16-13)15-11-5-2-1-4-9(10)11/h1-7,10,12,14H,8H2/t10-,12?/m0/s1. The lowest BCUT2D eigenvalue weighted by Crippen LogP contribution is -2.17. The Morgan fingerprint density at radius 3 is 2.88 bits per heavy atom. The lowest BCUT2D eigenvalue weighted by molar-refractivity contribution is 0.0674. The Morgan fingerprint density at radius 1 is 1.19 bits per heavy atom. The molecule has 1 N–H and O–H groups in total. The second-order valence-corrected chi connectivity index (χ2v) is 4.89. The zero-order chi connectivity index (χ0) is 11.0. The Morgan fingerprint density at radius 2 is 2.06 bits per heavy atom. The van der Waals surface area contributed by atoms with Gasteiger partial charge in [0.15, 0.2) is 0 Å². The number of rotatable bonds is 1. The van der Waals surface area contributed by atoms with Crippen LogP contribution in [0, 0.1) is 0 Å². The van der Waals surface area contributed by atoms with E-state index in [4.69, 9.17) is 4.74 Å². The Hall–Kier alpha value is -1.32.